The first-order chi connectivity index (χ1) is 12.8. The van der Waals surface area contributed by atoms with Crippen molar-refractivity contribution in [2.24, 2.45) is 0 Å². The first kappa shape index (κ1) is 19.1. The van der Waals surface area contributed by atoms with Crippen LogP contribution in [0.25, 0.3) is 0 Å². The summed E-state index contributed by atoms with van der Waals surface area (Å²) in [4.78, 5) is 24.1. The Morgan fingerprint density at radius 1 is 1.07 bits per heavy atom. The van der Waals surface area contributed by atoms with Crippen molar-refractivity contribution in [3.63, 3.8) is 0 Å². The third-order valence-corrected chi connectivity index (χ3v) is 5.07. The third-order valence-electron chi connectivity index (χ3n) is 5.07. The van der Waals surface area contributed by atoms with Gasteiger partial charge in [0.15, 0.2) is 0 Å². The van der Waals surface area contributed by atoms with E-state index in [9.17, 15) is 9.59 Å². The molecular formula is C22H27N3O2. The maximum absolute atomic E-state index is 12.6. The molecule has 0 radical (unpaired) electrons. The molecule has 0 aliphatic carbocycles. The van der Waals surface area contributed by atoms with Gasteiger partial charge in [0.1, 0.15) is 0 Å². The number of rotatable bonds is 5. The zero-order valence-electron chi connectivity index (χ0n) is 16.3. The van der Waals surface area contributed by atoms with Crippen molar-refractivity contribution in [1.29, 1.82) is 0 Å². The van der Waals surface area contributed by atoms with Gasteiger partial charge in [-0.2, -0.15) is 0 Å². The van der Waals surface area contributed by atoms with E-state index in [4.69, 9.17) is 0 Å². The van der Waals surface area contributed by atoms with Gasteiger partial charge in [0.25, 0.3) is 0 Å². The van der Waals surface area contributed by atoms with E-state index >= 15 is 0 Å². The molecule has 3 N–H and O–H groups in total. The predicted octanol–water partition coefficient (Wildman–Crippen LogP) is 3.87. The molecule has 0 saturated heterocycles. The number of aryl methyl sites for hydroxylation is 3. The summed E-state index contributed by atoms with van der Waals surface area (Å²) in [6.07, 6.45) is 1.28. The molecule has 1 aliphatic heterocycles. The van der Waals surface area contributed by atoms with E-state index in [0.29, 0.717) is 6.42 Å². The summed E-state index contributed by atoms with van der Waals surface area (Å²) < 4.78 is 0. The van der Waals surface area contributed by atoms with E-state index in [0.717, 1.165) is 40.0 Å². The van der Waals surface area contributed by atoms with Crippen LogP contribution in [0.2, 0.25) is 0 Å². The lowest BCUT2D eigenvalue weighted by Crippen LogP contribution is -2.39. The molecule has 5 heteroatoms. The molecule has 0 bridgehead atoms. The van der Waals surface area contributed by atoms with Crippen molar-refractivity contribution in [2.45, 2.75) is 52.6 Å². The van der Waals surface area contributed by atoms with Gasteiger partial charge in [-0.1, -0.05) is 24.3 Å². The molecule has 0 spiro atoms. The van der Waals surface area contributed by atoms with Crippen LogP contribution in [-0.4, -0.2) is 17.9 Å². The fourth-order valence-corrected chi connectivity index (χ4v) is 3.33. The molecule has 0 saturated carbocycles. The number of nitrogens with one attached hydrogen (secondary N) is 3. The highest BCUT2D eigenvalue weighted by molar-refractivity contribution is 5.95. The second-order valence-corrected chi connectivity index (χ2v) is 7.38. The minimum atomic E-state index is -0.337. The third kappa shape index (κ3) is 4.55. The highest BCUT2D eigenvalue weighted by Crippen LogP contribution is 2.26. The molecule has 0 fully saturated rings. The van der Waals surface area contributed by atoms with Crippen molar-refractivity contribution in [3.8, 4) is 0 Å². The second-order valence-electron chi connectivity index (χ2n) is 7.38. The Kier molecular flexibility index (Phi) is 5.61. The van der Waals surface area contributed by atoms with Gasteiger partial charge in [0.05, 0.1) is 6.04 Å². The fraction of sp³-hybridized carbons (Fsp3) is 0.364. The van der Waals surface area contributed by atoms with Crippen LogP contribution in [0.1, 0.15) is 48.6 Å². The average molecular weight is 365 g/mol. The average Bonchev–Trinajstić information content (AvgIpc) is 2.64. The highest BCUT2D eigenvalue weighted by Gasteiger charge is 2.19. The summed E-state index contributed by atoms with van der Waals surface area (Å²) >= 11 is 0. The quantitative estimate of drug-likeness (QED) is 0.753. The van der Waals surface area contributed by atoms with Gasteiger partial charge in [-0.25, -0.2) is 0 Å². The lowest BCUT2D eigenvalue weighted by atomic mass is 9.97. The van der Waals surface area contributed by atoms with Crippen LogP contribution in [0, 0.1) is 13.8 Å². The molecule has 2 atom stereocenters. The first-order valence-corrected chi connectivity index (χ1v) is 9.40. The maximum atomic E-state index is 12.6. The summed E-state index contributed by atoms with van der Waals surface area (Å²) in [5.74, 6) is 0.0129. The topological polar surface area (TPSA) is 70.2 Å². The Labute approximate surface area is 160 Å². The van der Waals surface area contributed by atoms with E-state index in [-0.39, 0.29) is 23.9 Å². The van der Waals surface area contributed by atoms with E-state index in [2.05, 4.69) is 22.0 Å². The number of benzene rings is 2. The normalized spacial score (nSPS) is 15.5. The smallest absolute Gasteiger partial charge is 0.241 e. The first-order valence-electron chi connectivity index (χ1n) is 9.40. The molecule has 2 aromatic carbocycles. The van der Waals surface area contributed by atoms with Crippen molar-refractivity contribution >= 4 is 23.2 Å². The largest absolute Gasteiger partial charge is 0.326 e. The van der Waals surface area contributed by atoms with Crippen LogP contribution >= 0.6 is 0 Å². The van der Waals surface area contributed by atoms with Crippen LogP contribution in [0.4, 0.5) is 11.4 Å². The number of amides is 2. The second kappa shape index (κ2) is 7.92. The van der Waals surface area contributed by atoms with E-state index in [1.54, 1.807) is 0 Å². The van der Waals surface area contributed by atoms with Gasteiger partial charge in [-0.15, -0.1) is 0 Å². The lowest BCUT2D eigenvalue weighted by Gasteiger charge is -2.23. The van der Waals surface area contributed by atoms with Gasteiger partial charge in [-0.3, -0.25) is 14.9 Å². The predicted molar refractivity (Wildman–Crippen MR) is 109 cm³/mol. The SMILES string of the molecule is Cc1ccc(C)c(NC(=O)C(C)NC(C)c2ccc3c(c2)CCC(=O)N3)c1. The van der Waals surface area contributed by atoms with Crippen molar-refractivity contribution in [1.82, 2.24) is 5.32 Å². The van der Waals surface area contributed by atoms with Gasteiger partial charge in [-0.05, 0) is 68.5 Å². The number of carbonyl (C=O) groups is 2. The molecule has 2 amide bonds. The van der Waals surface area contributed by atoms with Crippen LogP contribution < -0.4 is 16.0 Å². The summed E-state index contributed by atoms with van der Waals surface area (Å²) in [6, 6.07) is 11.8. The Morgan fingerprint density at radius 2 is 1.85 bits per heavy atom. The summed E-state index contributed by atoms with van der Waals surface area (Å²) in [6.45, 7) is 7.92. The highest BCUT2D eigenvalue weighted by atomic mass is 16.2. The fourth-order valence-electron chi connectivity index (χ4n) is 3.33. The minimum absolute atomic E-state index is 0.0206. The molecule has 0 aromatic heterocycles. The molecule has 1 heterocycles. The lowest BCUT2D eigenvalue weighted by molar-refractivity contribution is -0.118. The summed E-state index contributed by atoms with van der Waals surface area (Å²) in [5.41, 5.74) is 6.16. The van der Waals surface area contributed by atoms with Crippen LogP contribution in [0.5, 0.6) is 0 Å². The van der Waals surface area contributed by atoms with Crippen LogP contribution in [0.3, 0.4) is 0 Å². The molecule has 5 nitrogen and oxygen atoms in total. The van der Waals surface area contributed by atoms with E-state index < -0.39 is 0 Å². The van der Waals surface area contributed by atoms with E-state index in [1.165, 1.54) is 0 Å². The monoisotopic (exact) mass is 365 g/mol. The number of carbonyl (C=O) groups excluding carboxylic acids is 2. The zero-order valence-corrected chi connectivity index (χ0v) is 16.3. The Bertz CT molecular complexity index is 876. The van der Waals surface area contributed by atoms with Gasteiger partial charge in [0, 0.05) is 23.8 Å². The Balaban J connectivity index is 1.64. The summed E-state index contributed by atoms with van der Waals surface area (Å²) in [5, 5.41) is 9.28. The van der Waals surface area contributed by atoms with Crippen molar-refractivity contribution < 1.29 is 9.59 Å². The van der Waals surface area contributed by atoms with Crippen molar-refractivity contribution in [2.75, 3.05) is 10.6 Å². The Morgan fingerprint density at radius 3 is 2.63 bits per heavy atom. The van der Waals surface area contributed by atoms with Crippen molar-refractivity contribution in [3.05, 3.63) is 58.7 Å². The molecule has 2 unspecified atom stereocenters. The van der Waals surface area contributed by atoms with E-state index in [1.807, 2.05) is 58.0 Å². The molecular weight excluding hydrogens is 338 g/mol. The Hall–Kier alpha value is -2.66. The van der Waals surface area contributed by atoms with Gasteiger partial charge >= 0.3 is 0 Å². The minimum Gasteiger partial charge on any atom is -0.326 e. The number of anilines is 2. The maximum Gasteiger partial charge on any atom is 0.241 e. The molecule has 142 valence electrons. The van der Waals surface area contributed by atoms with Crippen LogP contribution in [0.15, 0.2) is 36.4 Å². The number of hydrogen-bond donors (Lipinski definition) is 3. The molecule has 3 rings (SSSR count). The van der Waals surface area contributed by atoms with Crippen LogP contribution in [-0.2, 0) is 16.0 Å². The molecule has 1 aliphatic rings. The van der Waals surface area contributed by atoms with Gasteiger partial charge < -0.3 is 10.6 Å². The standard InChI is InChI=1S/C22H27N3O2/c1-13-5-6-14(2)20(11-13)25-22(27)16(4)23-15(3)17-7-9-19-18(12-17)8-10-21(26)24-19/h5-7,9,11-12,15-16,23H,8,10H2,1-4H3,(H,24,26)(H,25,27). The van der Waals surface area contributed by atoms with Gasteiger partial charge in [0.2, 0.25) is 11.8 Å². The zero-order chi connectivity index (χ0) is 19.6. The number of fused-ring (bicyclic) bond motifs is 1. The number of hydrogen-bond acceptors (Lipinski definition) is 3. The molecule has 2 aromatic rings. The summed E-state index contributed by atoms with van der Waals surface area (Å²) in [7, 11) is 0. The molecule has 27 heavy (non-hydrogen) atoms.